The van der Waals surface area contributed by atoms with Crippen LogP contribution in [-0.2, 0) is 6.54 Å². The van der Waals surface area contributed by atoms with Crippen molar-refractivity contribution in [2.45, 2.75) is 31.5 Å². The molecule has 4 N–H and O–H groups in total. The standard InChI is InChI=1S/C12H16N2O2/c13-7-8-1-3-9(4-2-8)12(16)14-10-5-11(15)6-10/h1-4,10-11,15H,5-7,13H2,(H,14,16). The fourth-order valence-electron chi connectivity index (χ4n) is 1.77. The molecule has 0 radical (unpaired) electrons. The first-order chi connectivity index (χ1) is 7.69. The van der Waals surface area contributed by atoms with Crippen molar-refractivity contribution >= 4 is 5.91 Å². The quantitative estimate of drug-likeness (QED) is 0.690. The van der Waals surface area contributed by atoms with Gasteiger partial charge in [0.1, 0.15) is 0 Å². The van der Waals surface area contributed by atoms with Crippen LogP contribution in [0.3, 0.4) is 0 Å². The predicted octanol–water partition coefficient (Wildman–Crippen LogP) is 0.398. The Kier molecular flexibility index (Phi) is 3.22. The Morgan fingerprint density at radius 1 is 1.38 bits per heavy atom. The van der Waals surface area contributed by atoms with Gasteiger partial charge in [0.15, 0.2) is 0 Å². The zero-order chi connectivity index (χ0) is 11.5. The molecule has 4 heteroatoms. The molecule has 4 nitrogen and oxygen atoms in total. The van der Waals surface area contributed by atoms with E-state index in [1.54, 1.807) is 12.1 Å². The summed E-state index contributed by atoms with van der Waals surface area (Å²) in [5.41, 5.74) is 7.12. The third kappa shape index (κ3) is 2.40. The fraction of sp³-hybridized carbons (Fsp3) is 0.417. The van der Waals surface area contributed by atoms with E-state index in [-0.39, 0.29) is 18.1 Å². The van der Waals surface area contributed by atoms with E-state index in [0.717, 1.165) is 5.56 Å². The first-order valence-electron chi connectivity index (χ1n) is 5.47. The summed E-state index contributed by atoms with van der Waals surface area (Å²) >= 11 is 0. The largest absolute Gasteiger partial charge is 0.393 e. The number of hydrogen-bond acceptors (Lipinski definition) is 3. The van der Waals surface area contributed by atoms with Crippen molar-refractivity contribution in [2.24, 2.45) is 5.73 Å². The van der Waals surface area contributed by atoms with Gasteiger partial charge in [0.05, 0.1) is 6.10 Å². The number of nitrogens with one attached hydrogen (secondary N) is 1. The number of nitrogens with two attached hydrogens (primary N) is 1. The molecule has 1 fully saturated rings. The molecule has 0 heterocycles. The normalized spacial score (nSPS) is 23.6. The van der Waals surface area contributed by atoms with Crippen molar-refractivity contribution in [2.75, 3.05) is 0 Å². The zero-order valence-electron chi connectivity index (χ0n) is 9.02. The van der Waals surface area contributed by atoms with Crippen LogP contribution in [0.15, 0.2) is 24.3 Å². The topological polar surface area (TPSA) is 75.4 Å². The van der Waals surface area contributed by atoms with E-state index in [9.17, 15) is 4.79 Å². The Bertz CT molecular complexity index is 369. The molecule has 2 rings (SSSR count). The predicted molar refractivity (Wildman–Crippen MR) is 60.8 cm³/mol. The summed E-state index contributed by atoms with van der Waals surface area (Å²) in [4.78, 5) is 11.7. The monoisotopic (exact) mass is 220 g/mol. The maximum Gasteiger partial charge on any atom is 0.251 e. The highest BCUT2D eigenvalue weighted by Crippen LogP contribution is 2.19. The lowest BCUT2D eigenvalue weighted by Crippen LogP contribution is -2.46. The average molecular weight is 220 g/mol. The highest BCUT2D eigenvalue weighted by Gasteiger charge is 2.28. The fourth-order valence-corrected chi connectivity index (χ4v) is 1.77. The van der Waals surface area contributed by atoms with Gasteiger partial charge in [0.25, 0.3) is 5.91 Å². The number of aliphatic hydroxyl groups excluding tert-OH is 1. The molecule has 0 spiro atoms. The van der Waals surface area contributed by atoms with Gasteiger partial charge < -0.3 is 16.2 Å². The van der Waals surface area contributed by atoms with Gasteiger partial charge in [-0.15, -0.1) is 0 Å². The van der Waals surface area contributed by atoms with Crippen LogP contribution in [0.1, 0.15) is 28.8 Å². The van der Waals surface area contributed by atoms with Gasteiger partial charge in [-0.3, -0.25) is 4.79 Å². The van der Waals surface area contributed by atoms with E-state index in [1.807, 2.05) is 12.1 Å². The molecule has 0 aromatic heterocycles. The number of carbonyl (C=O) groups excluding carboxylic acids is 1. The lowest BCUT2D eigenvalue weighted by atomic mass is 9.89. The highest BCUT2D eigenvalue weighted by atomic mass is 16.3. The van der Waals surface area contributed by atoms with E-state index in [0.29, 0.717) is 24.9 Å². The molecular formula is C12H16N2O2. The van der Waals surface area contributed by atoms with Crippen molar-refractivity contribution in [3.05, 3.63) is 35.4 Å². The highest BCUT2D eigenvalue weighted by molar-refractivity contribution is 5.94. The molecule has 1 aromatic rings. The van der Waals surface area contributed by atoms with Crippen molar-refractivity contribution in [3.63, 3.8) is 0 Å². The van der Waals surface area contributed by atoms with Gasteiger partial charge in [-0.1, -0.05) is 12.1 Å². The Balaban J connectivity index is 1.93. The summed E-state index contributed by atoms with van der Waals surface area (Å²) in [6.07, 6.45) is 1.07. The molecule has 1 aromatic carbocycles. The summed E-state index contributed by atoms with van der Waals surface area (Å²) in [7, 11) is 0. The maximum atomic E-state index is 11.7. The van der Waals surface area contributed by atoms with Gasteiger partial charge in [0.2, 0.25) is 0 Å². The van der Waals surface area contributed by atoms with E-state index in [1.165, 1.54) is 0 Å². The second-order valence-corrected chi connectivity index (χ2v) is 4.20. The van der Waals surface area contributed by atoms with Gasteiger partial charge in [-0.05, 0) is 30.5 Å². The third-order valence-corrected chi connectivity index (χ3v) is 2.90. The van der Waals surface area contributed by atoms with Crippen molar-refractivity contribution in [1.82, 2.24) is 5.32 Å². The zero-order valence-corrected chi connectivity index (χ0v) is 9.02. The average Bonchev–Trinajstić information content (AvgIpc) is 2.27. The van der Waals surface area contributed by atoms with E-state index >= 15 is 0 Å². The lowest BCUT2D eigenvalue weighted by Gasteiger charge is -2.31. The number of benzene rings is 1. The first-order valence-corrected chi connectivity index (χ1v) is 5.47. The lowest BCUT2D eigenvalue weighted by molar-refractivity contribution is 0.0562. The SMILES string of the molecule is NCc1ccc(C(=O)NC2CC(O)C2)cc1. The summed E-state index contributed by atoms with van der Waals surface area (Å²) in [6, 6.07) is 7.37. The summed E-state index contributed by atoms with van der Waals surface area (Å²) < 4.78 is 0. The number of amides is 1. The molecule has 86 valence electrons. The van der Waals surface area contributed by atoms with Crippen molar-refractivity contribution in [3.8, 4) is 0 Å². The van der Waals surface area contributed by atoms with Crippen LogP contribution in [0, 0.1) is 0 Å². The summed E-state index contributed by atoms with van der Waals surface area (Å²) in [5, 5.41) is 12.0. The molecule has 16 heavy (non-hydrogen) atoms. The van der Waals surface area contributed by atoms with Crippen LogP contribution in [-0.4, -0.2) is 23.2 Å². The molecule has 0 unspecified atom stereocenters. The van der Waals surface area contributed by atoms with Crippen LogP contribution in [0.2, 0.25) is 0 Å². The molecule has 1 aliphatic rings. The number of rotatable bonds is 3. The van der Waals surface area contributed by atoms with Gasteiger partial charge in [-0.2, -0.15) is 0 Å². The number of carbonyl (C=O) groups is 1. The van der Waals surface area contributed by atoms with Crippen LogP contribution < -0.4 is 11.1 Å². The van der Waals surface area contributed by atoms with Crippen molar-refractivity contribution in [1.29, 1.82) is 0 Å². The van der Waals surface area contributed by atoms with Crippen LogP contribution >= 0.6 is 0 Å². The Hall–Kier alpha value is -1.39. The molecule has 0 atom stereocenters. The van der Waals surface area contributed by atoms with Crippen LogP contribution in [0.4, 0.5) is 0 Å². The molecule has 0 bridgehead atoms. The first kappa shape index (κ1) is 11.1. The van der Waals surface area contributed by atoms with Gasteiger partial charge in [0, 0.05) is 18.2 Å². The minimum atomic E-state index is -0.245. The number of hydrogen-bond donors (Lipinski definition) is 3. The molecule has 0 saturated heterocycles. The summed E-state index contributed by atoms with van der Waals surface area (Å²) in [6.45, 7) is 0.483. The van der Waals surface area contributed by atoms with E-state index in [2.05, 4.69) is 5.32 Å². The van der Waals surface area contributed by atoms with Gasteiger partial charge >= 0.3 is 0 Å². The maximum absolute atomic E-state index is 11.7. The van der Waals surface area contributed by atoms with Gasteiger partial charge in [-0.25, -0.2) is 0 Å². The van der Waals surface area contributed by atoms with Crippen molar-refractivity contribution < 1.29 is 9.90 Å². The molecule has 1 aliphatic carbocycles. The molecule has 0 aliphatic heterocycles. The number of aliphatic hydroxyl groups is 1. The van der Waals surface area contributed by atoms with Crippen LogP contribution in [0.5, 0.6) is 0 Å². The third-order valence-electron chi connectivity index (χ3n) is 2.90. The molecule has 1 amide bonds. The second-order valence-electron chi connectivity index (χ2n) is 4.20. The van der Waals surface area contributed by atoms with E-state index in [4.69, 9.17) is 10.8 Å². The Morgan fingerprint density at radius 2 is 2.00 bits per heavy atom. The Morgan fingerprint density at radius 3 is 2.50 bits per heavy atom. The smallest absolute Gasteiger partial charge is 0.251 e. The minimum Gasteiger partial charge on any atom is -0.393 e. The summed E-state index contributed by atoms with van der Waals surface area (Å²) in [5.74, 6) is -0.0829. The Labute approximate surface area is 94.5 Å². The van der Waals surface area contributed by atoms with E-state index < -0.39 is 0 Å². The van der Waals surface area contributed by atoms with Crippen LogP contribution in [0.25, 0.3) is 0 Å². The molecule has 1 saturated carbocycles. The second kappa shape index (κ2) is 4.63. The molecular weight excluding hydrogens is 204 g/mol. The minimum absolute atomic E-state index is 0.0829.